The molecule has 0 aromatic carbocycles. The molecule has 7 nitrogen and oxygen atoms in total. The van der Waals surface area contributed by atoms with Crippen LogP contribution in [-0.4, -0.2) is 86.4 Å². The number of nitrogens with one attached hydrogen (secondary N) is 1. The molecule has 5 rings (SSSR count). The Morgan fingerprint density at radius 2 is 1.80 bits per heavy atom. The van der Waals surface area contributed by atoms with Crippen LogP contribution >= 0.6 is 24.0 Å². The minimum Gasteiger partial charge on any atom is -0.378 e. The van der Waals surface area contributed by atoms with Gasteiger partial charge < -0.3 is 24.6 Å². The van der Waals surface area contributed by atoms with E-state index in [9.17, 15) is 4.79 Å². The molecule has 5 aliphatic rings. The topological polar surface area (TPSA) is 66.4 Å². The second kappa shape index (κ2) is 9.48. The summed E-state index contributed by atoms with van der Waals surface area (Å²) in [6, 6.07) is 0.516. The Hall–Kier alpha value is -0.610. The zero-order chi connectivity index (χ0) is 19.8. The molecule has 2 aliphatic carbocycles. The molecule has 3 saturated heterocycles. The van der Waals surface area contributed by atoms with E-state index in [0.717, 1.165) is 58.1 Å². The van der Waals surface area contributed by atoms with Gasteiger partial charge in [-0.05, 0) is 39.0 Å². The summed E-state index contributed by atoms with van der Waals surface area (Å²) in [7, 11) is 0. The Morgan fingerprint density at radius 3 is 2.43 bits per heavy atom. The van der Waals surface area contributed by atoms with E-state index in [0.29, 0.717) is 42.6 Å². The molecule has 8 heteroatoms. The monoisotopic (exact) mass is 532 g/mol. The van der Waals surface area contributed by atoms with Gasteiger partial charge in [0.15, 0.2) is 5.96 Å². The van der Waals surface area contributed by atoms with Crippen molar-refractivity contribution in [3.63, 3.8) is 0 Å². The normalized spacial score (nSPS) is 33.4. The maximum atomic E-state index is 12.8. The summed E-state index contributed by atoms with van der Waals surface area (Å²) in [5.74, 6) is 2.19. The molecule has 0 aromatic heterocycles. The Kier molecular flexibility index (Phi) is 7.14. The van der Waals surface area contributed by atoms with E-state index in [1.54, 1.807) is 0 Å². The first-order chi connectivity index (χ1) is 14.2. The van der Waals surface area contributed by atoms with Crippen molar-refractivity contribution in [2.24, 2.45) is 22.2 Å². The summed E-state index contributed by atoms with van der Waals surface area (Å²) in [6.45, 7) is 8.50. The van der Waals surface area contributed by atoms with Crippen molar-refractivity contribution in [1.82, 2.24) is 15.1 Å². The van der Waals surface area contributed by atoms with Crippen LogP contribution in [0.3, 0.4) is 0 Å². The maximum absolute atomic E-state index is 12.8. The summed E-state index contributed by atoms with van der Waals surface area (Å²) in [4.78, 5) is 22.1. The third kappa shape index (κ3) is 3.85. The van der Waals surface area contributed by atoms with E-state index in [1.165, 1.54) is 25.7 Å². The summed E-state index contributed by atoms with van der Waals surface area (Å²) in [5.41, 5.74) is 0.361. The molecule has 1 N–H and O–H groups in total. The smallest absolute Gasteiger partial charge is 0.225 e. The number of fused-ring (bicyclic) bond motifs is 2. The Morgan fingerprint density at radius 1 is 1.07 bits per heavy atom. The number of morpholine rings is 1. The number of amides is 1. The average Bonchev–Trinajstić information content (AvgIpc) is 3.15. The van der Waals surface area contributed by atoms with Gasteiger partial charge in [-0.1, -0.05) is 6.42 Å². The highest BCUT2D eigenvalue weighted by Crippen LogP contribution is 2.62. The van der Waals surface area contributed by atoms with Gasteiger partial charge >= 0.3 is 0 Å². The van der Waals surface area contributed by atoms with Crippen molar-refractivity contribution in [2.45, 2.75) is 57.6 Å². The van der Waals surface area contributed by atoms with Crippen LogP contribution < -0.4 is 5.32 Å². The number of ether oxygens (including phenoxy) is 2. The lowest BCUT2D eigenvalue weighted by molar-refractivity contribution is -0.171. The van der Waals surface area contributed by atoms with Gasteiger partial charge in [0.1, 0.15) is 0 Å². The predicted octanol–water partition coefficient (Wildman–Crippen LogP) is 2.10. The molecule has 1 spiro atoms. The predicted molar refractivity (Wildman–Crippen MR) is 126 cm³/mol. The van der Waals surface area contributed by atoms with Gasteiger partial charge in [-0.3, -0.25) is 9.79 Å². The molecule has 0 bridgehead atoms. The highest BCUT2D eigenvalue weighted by molar-refractivity contribution is 14.0. The van der Waals surface area contributed by atoms with Gasteiger partial charge in [0.2, 0.25) is 5.91 Å². The Labute approximate surface area is 197 Å². The third-order valence-corrected chi connectivity index (χ3v) is 8.10. The molecule has 30 heavy (non-hydrogen) atoms. The molecule has 3 heterocycles. The van der Waals surface area contributed by atoms with E-state index in [4.69, 9.17) is 14.5 Å². The van der Waals surface area contributed by atoms with E-state index in [1.807, 2.05) is 4.90 Å². The first-order valence-electron chi connectivity index (χ1n) is 11.8. The molecule has 1 amide bonds. The van der Waals surface area contributed by atoms with Gasteiger partial charge in [-0.25, -0.2) is 0 Å². The molecular weight excluding hydrogens is 495 g/mol. The largest absolute Gasteiger partial charge is 0.378 e. The van der Waals surface area contributed by atoms with Crippen molar-refractivity contribution in [1.29, 1.82) is 0 Å². The summed E-state index contributed by atoms with van der Waals surface area (Å²) in [6.07, 6.45) is 7.42. The molecule has 5 fully saturated rings. The first kappa shape index (κ1) is 22.6. The van der Waals surface area contributed by atoms with Crippen LogP contribution in [0.25, 0.3) is 0 Å². The Bertz CT molecular complexity index is 642. The summed E-state index contributed by atoms with van der Waals surface area (Å²) < 4.78 is 11.5. The third-order valence-electron chi connectivity index (χ3n) is 8.10. The Balaban J connectivity index is 0.00000218. The minimum atomic E-state index is 0. The molecule has 2 saturated carbocycles. The fourth-order valence-corrected chi connectivity index (χ4v) is 6.36. The second-order valence-corrected chi connectivity index (χ2v) is 9.45. The number of nitrogens with zero attached hydrogens (tertiary/aromatic N) is 3. The number of likely N-dealkylation sites (tertiary alicyclic amines) is 1. The van der Waals surface area contributed by atoms with Crippen molar-refractivity contribution in [3.05, 3.63) is 0 Å². The van der Waals surface area contributed by atoms with Crippen LogP contribution in [0.4, 0.5) is 0 Å². The van der Waals surface area contributed by atoms with Crippen LogP contribution in [0.15, 0.2) is 4.99 Å². The minimum absolute atomic E-state index is 0. The number of aliphatic imine (C=N–C) groups is 1. The molecule has 0 aromatic rings. The van der Waals surface area contributed by atoms with Gasteiger partial charge in [0.25, 0.3) is 0 Å². The quantitative estimate of drug-likeness (QED) is 0.343. The van der Waals surface area contributed by atoms with E-state index in [2.05, 4.69) is 17.1 Å². The average molecular weight is 532 g/mol. The highest BCUT2D eigenvalue weighted by atomic mass is 127. The fraction of sp³-hybridized carbons (Fsp3) is 0.909. The van der Waals surface area contributed by atoms with Gasteiger partial charge in [0, 0.05) is 62.6 Å². The van der Waals surface area contributed by atoms with Crippen LogP contribution in [0.2, 0.25) is 0 Å². The molecule has 3 unspecified atom stereocenters. The van der Waals surface area contributed by atoms with Crippen LogP contribution in [-0.2, 0) is 14.3 Å². The zero-order valence-electron chi connectivity index (χ0n) is 18.2. The number of guanidine groups is 1. The van der Waals surface area contributed by atoms with Gasteiger partial charge in [0.05, 0.1) is 19.3 Å². The first-order valence-corrected chi connectivity index (χ1v) is 11.8. The van der Waals surface area contributed by atoms with Gasteiger partial charge in [-0.2, -0.15) is 0 Å². The second-order valence-electron chi connectivity index (χ2n) is 9.45. The van der Waals surface area contributed by atoms with Crippen LogP contribution in [0, 0.1) is 17.3 Å². The lowest BCUT2D eigenvalue weighted by atomic mass is 9.46. The molecule has 3 atom stereocenters. The summed E-state index contributed by atoms with van der Waals surface area (Å²) in [5, 5.41) is 3.88. The zero-order valence-corrected chi connectivity index (χ0v) is 20.5. The molecule has 170 valence electrons. The SMILES string of the molecule is CCN=C(NC1C2CCOC2C12CCC2)N1CCC(C(=O)N2CCOCC2)CC1.I. The lowest BCUT2D eigenvalue weighted by Crippen LogP contribution is -2.72. The standard InChI is InChI=1S/C22H36N4O3.HI/c1-2-23-21(24-18-17-6-13-29-19(17)22(18)7-3-8-22)26-9-4-16(5-10-26)20(27)25-11-14-28-15-12-25;/h16-19H,2-15H2,1H3,(H,23,24);1H. The molecule has 3 aliphatic heterocycles. The van der Waals surface area contributed by atoms with Crippen molar-refractivity contribution in [2.75, 3.05) is 52.5 Å². The number of piperidine rings is 1. The number of rotatable bonds is 3. The van der Waals surface area contributed by atoms with E-state index >= 15 is 0 Å². The van der Waals surface area contributed by atoms with E-state index < -0.39 is 0 Å². The summed E-state index contributed by atoms with van der Waals surface area (Å²) >= 11 is 0. The van der Waals surface area contributed by atoms with Crippen LogP contribution in [0.5, 0.6) is 0 Å². The number of carbonyl (C=O) groups excluding carboxylic acids is 1. The van der Waals surface area contributed by atoms with Crippen molar-refractivity contribution < 1.29 is 14.3 Å². The highest BCUT2D eigenvalue weighted by Gasteiger charge is 2.66. The number of hydrogen-bond donors (Lipinski definition) is 1. The maximum Gasteiger partial charge on any atom is 0.225 e. The van der Waals surface area contributed by atoms with E-state index in [-0.39, 0.29) is 29.9 Å². The lowest BCUT2D eigenvalue weighted by Gasteiger charge is -2.63. The van der Waals surface area contributed by atoms with Gasteiger partial charge in [-0.15, -0.1) is 24.0 Å². The number of halogens is 1. The molecular formula is C22H37IN4O3. The number of carbonyl (C=O) groups is 1. The van der Waals surface area contributed by atoms with Crippen molar-refractivity contribution >= 4 is 35.8 Å². The fourth-order valence-electron chi connectivity index (χ4n) is 6.36. The van der Waals surface area contributed by atoms with Crippen molar-refractivity contribution in [3.8, 4) is 0 Å². The molecule has 0 radical (unpaired) electrons. The van der Waals surface area contributed by atoms with Crippen LogP contribution in [0.1, 0.15) is 45.4 Å². The number of hydrogen-bond acceptors (Lipinski definition) is 4.